The molecule has 7 rings (SSSR count). The van der Waals surface area contributed by atoms with E-state index >= 15 is 17.6 Å². The molecule has 21 heteroatoms. The quantitative estimate of drug-likeness (QED) is 0.0945. The lowest BCUT2D eigenvalue weighted by molar-refractivity contribution is -0.137. The maximum atomic E-state index is 15.0. The number of alkyl halides is 3. The van der Waals surface area contributed by atoms with E-state index in [1.807, 2.05) is 0 Å². The topological polar surface area (TPSA) is 96.6 Å². The van der Waals surface area contributed by atoms with Crippen LogP contribution in [0.15, 0.2) is 55.6 Å². The fourth-order valence-corrected chi connectivity index (χ4v) is 6.51. The summed E-state index contributed by atoms with van der Waals surface area (Å²) >= 11 is 0. The molecule has 0 amide bonds. The van der Waals surface area contributed by atoms with Crippen LogP contribution < -0.4 is 31.7 Å². The molecule has 0 fully saturated rings. The molecule has 5 aromatic carbocycles. The van der Waals surface area contributed by atoms with E-state index in [0.717, 1.165) is 12.1 Å². The van der Waals surface area contributed by atoms with Crippen molar-refractivity contribution in [1.82, 2.24) is 9.13 Å². The van der Waals surface area contributed by atoms with Gasteiger partial charge in [-0.05, 0) is 42.7 Å². The normalized spacial score (nSPS) is 12.0. The zero-order chi connectivity index (χ0) is 43.5. The Hall–Kier alpha value is -6.93. The summed E-state index contributed by atoms with van der Waals surface area (Å²) < 4.78 is 199. The van der Waals surface area contributed by atoms with E-state index in [4.69, 9.17) is 9.47 Å². The first-order valence-corrected chi connectivity index (χ1v) is 16.1. The molecule has 0 saturated carbocycles. The van der Waals surface area contributed by atoms with Gasteiger partial charge in [-0.15, -0.1) is 0 Å². The van der Waals surface area contributed by atoms with Crippen LogP contribution in [-0.4, -0.2) is 9.13 Å². The maximum absolute atomic E-state index is 15.0. The minimum atomic E-state index is -5.26. The van der Waals surface area contributed by atoms with E-state index in [9.17, 15) is 58.7 Å². The molecule has 0 unspecified atom stereocenters. The predicted molar refractivity (Wildman–Crippen MR) is 180 cm³/mol. The SMILES string of the molecule is Cc1ccc(-c2ccc(-n3c(=O)c4c(Oc5c(F)c(F)c(F)c(F)c5F)c5c(=O)n(C)c(=O)c5c(Oc5c(F)c(F)c(F)c(F)c5F)c4c3=O)cc2C(F)(F)F)c(C)c1. The minimum Gasteiger partial charge on any atom is -0.449 e. The Morgan fingerprint density at radius 1 is 0.475 bits per heavy atom. The summed E-state index contributed by atoms with van der Waals surface area (Å²) in [6, 6.07) is 6.15. The number of halogens is 13. The van der Waals surface area contributed by atoms with Crippen LogP contribution in [0.25, 0.3) is 38.4 Å². The number of aryl methyl sites for hydroxylation is 2. The lowest BCUT2D eigenvalue weighted by Crippen LogP contribution is -2.24. The fourth-order valence-electron chi connectivity index (χ4n) is 6.51. The smallest absolute Gasteiger partial charge is 0.417 e. The molecular formula is C38H15F13N2O6. The molecule has 2 heterocycles. The number of ether oxygens (including phenoxy) is 2. The third-order valence-corrected chi connectivity index (χ3v) is 9.27. The second-order valence-corrected chi connectivity index (χ2v) is 12.8. The number of benzene rings is 5. The lowest BCUT2D eigenvalue weighted by Gasteiger charge is -2.16. The average molecular weight is 843 g/mol. The molecule has 0 bridgehead atoms. The summed E-state index contributed by atoms with van der Waals surface area (Å²) in [6.45, 7) is 3.12. The van der Waals surface area contributed by atoms with Gasteiger partial charge in [-0.25, -0.2) is 30.9 Å². The van der Waals surface area contributed by atoms with Gasteiger partial charge in [-0.2, -0.15) is 30.7 Å². The highest BCUT2D eigenvalue weighted by atomic mass is 19.4. The monoisotopic (exact) mass is 842 g/mol. The standard InChI is InChI=1S/C38H15F13N2O6/c1-10-4-6-13(11(2)8-10)14-7-5-12(9-15(14)38(49,50)51)53-36(56)18-19(37(53)57)31(59-33-28(47)24(43)21(40)25(44)29(33)48)17-16(34(54)52(3)35(17)55)30(18)58-32-26(45)22(41)20(39)23(42)27(32)46/h4-9H,1-3H3. The lowest BCUT2D eigenvalue weighted by atomic mass is 9.94. The Balaban J connectivity index is 1.67. The molecule has 0 N–H and O–H groups in total. The molecular weight excluding hydrogens is 827 g/mol. The van der Waals surface area contributed by atoms with Crippen LogP contribution >= 0.6 is 0 Å². The van der Waals surface area contributed by atoms with Crippen molar-refractivity contribution < 1.29 is 66.5 Å². The van der Waals surface area contributed by atoms with Crippen LogP contribution in [-0.2, 0) is 13.2 Å². The Kier molecular flexibility index (Phi) is 9.28. The highest BCUT2D eigenvalue weighted by molar-refractivity contribution is 6.11. The van der Waals surface area contributed by atoms with Gasteiger partial charge in [-0.3, -0.25) is 23.7 Å². The van der Waals surface area contributed by atoms with Crippen molar-refractivity contribution in [2.24, 2.45) is 7.05 Å². The summed E-state index contributed by atoms with van der Waals surface area (Å²) in [6.07, 6.45) is -5.26. The molecule has 59 heavy (non-hydrogen) atoms. The molecule has 0 radical (unpaired) electrons. The number of hydrogen-bond donors (Lipinski definition) is 0. The van der Waals surface area contributed by atoms with E-state index in [2.05, 4.69) is 0 Å². The Morgan fingerprint density at radius 2 is 0.847 bits per heavy atom. The van der Waals surface area contributed by atoms with Gasteiger partial charge in [0.2, 0.25) is 69.7 Å². The van der Waals surface area contributed by atoms with Crippen molar-refractivity contribution in [2.75, 3.05) is 0 Å². The van der Waals surface area contributed by atoms with Gasteiger partial charge in [0.25, 0.3) is 22.2 Å². The zero-order valence-electron chi connectivity index (χ0n) is 29.2. The zero-order valence-corrected chi connectivity index (χ0v) is 29.2. The van der Waals surface area contributed by atoms with Crippen LogP contribution in [0.5, 0.6) is 23.0 Å². The fraction of sp³-hybridized carbons (Fsp3) is 0.105. The van der Waals surface area contributed by atoms with E-state index < -0.39 is 148 Å². The first-order valence-electron chi connectivity index (χ1n) is 16.1. The van der Waals surface area contributed by atoms with E-state index in [-0.39, 0.29) is 20.8 Å². The van der Waals surface area contributed by atoms with Gasteiger partial charge in [0.05, 0.1) is 11.3 Å². The van der Waals surface area contributed by atoms with Crippen molar-refractivity contribution in [1.29, 1.82) is 0 Å². The first kappa shape index (κ1) is 40.3. The Morgan fingerprint density at radius 3 is 1.24 bits per heavy atom. The molecule has 0 aliphatic carbocycles. The van der Waals surface area contributed by atoms with Crippen LogP contribution in [0.4, 0.5) is 57.1 Å². The third-order valence-electron chi connectivity index (χ3n) is 9.27. The molecule has 304 valence electrons. The van der Waals surface area contributed by atoms with E-state index in [1.165, 1.54) is 25.1 Å². The van der Waals surface area contributed by atoms with Gasteiger partial charge < -0.3 is 9.47 Å². The number of nitrogens with zero attached hydrogens (tertiary/aromatic N) is 2. The van der Waals surface area contributed by atoms with Gasteiger partial charge >= 0.3 is 6.18 Å². The Labute approximate surface area is 316 Å². The van der Waals surface area contributed by atoms with Gasteiger partial charge in [-0.1, -0.05) is 29.8 Å². The summed E-state index contributed by atoms with van der Waals surface area (Å²) in [4.78, 5) is 55.6. The van der Waals surface area contributed by atoms with Crippen molar-refractivity contribution in [3.63, 3.8) is 0 Å². The van der Waals surface area contributed by atoms with Gasteiger partial charge in [0.1, 0.15) is 21.5 Å². The molecule has 0 aliphatic heterocycles. The molecule has 0 spiro atoms. The highest BCUT2D eigenvalue weighted by Crippen LogP contribution is 2.45. The molecule has 7 aromatic rings. The second-order valence-electron chi connectivity index (χ2n) is 12.8. The van der Waals surface area contributed by atoms with E-state index in [0.29, 0.717) is 18.2 Å². The van der Waals surface area contributed by atoms with Crippen LogP contribution in [0.2, 0.25) is 0 Å². The molecule has 0 aliphatic rings. The highest BCUT2D eigenvalue weighted by Gasteiger charge is 2.38. The summed E-state index contributed by atoms with van der Waals surface area (Å²) in [5.74, 6) is -35.1. The summed E-state index contributed by atoms with van der Waals surface area (Å²) in [7, 11) is 0.645. The van der Waals surface area contributed by atoms with Gasteiger partial charge in [0, 0.05) is 7.05 Å². The average Bonchev–Trinajstić information content (AvgIpc) is 3.58. The van der Waals surface area contributed by atoms with Gasteiger partial charge in [0.15, 0.2) is 11.5 Å². The van der Waals surface area contributed by atoms with Crippen molar-refractivity contribution >= 4 is 21.5 Å². The number of rotatable bonds is 6. The largest absolute Gasteiger partial charge is 0.449 e. The van der Waals surface area contributed by atoms with Crippen LogP contribution in [0.3, 0.4) is 0 Å². The van der Waals surface area contributed by atoms with Crippen LogP contribution in [0, 0.1) is 72.0 Å². The van der Waals surface area contributed by atoms with Crippen LogP contribution in [0.1, 0.15) is 16.7 Å². The van der Waals surface area contributed by atoms with Crippen molar-refractivity contribution in [3.05, 3.63) is 153 Å². The predicted octanol–water partition coefficient (Wildman–Crippen LogP) is 8.72. The summed E-state index contributed by atoms with van der Waals surface area (Å²) in [5, 5.41) is -6.11. The summed E-state index contributed by atoms with van der Waals surface area (Å²) in [5.41, 5.74) is -9.29. The molecule has 0 saturated heterocycles. The van der Waals surface area contributed by atoms with Crippen molar-refractivity contribution in [2.45, 2.75) is 20.0 Å². The number of fused-ring (bicyclic) bond motifs is 2. The molecule has 2 aromatic heterocycles. The van der Waals surface area contributed by atoms with Crippen molar-refractivity contribution in [3.8, 4) is 39.8 Å². The molecule has 0 atom stereocenters. The first-order chi connectivity index (χ1) is 27.5. The minimum absolute atomic E-state index is 0.0198. The number of hydrogen-bond acceptors (Lipinski definition) is 6. The third kappa shape index (κ3) is 5.84. The number of aromatic nitrogens is 2. The second kappa shape index (κ2) is 13.6. The Bertz CT molecular complexity index is 3020. The van der Waals surface area contributed by atoms with E-state index in [1.54, 1.807) is 6.92 Å². The maximum Gasteiger partial charge on any atom is 0.417 e. The molecule has 8 nitrogen and oxygen atoms in total.